The van der Waals surface area contributed by atoms with E-state index in [2.05, 4.69) is 54.8 Å². The van der Waals surface area contributed by atoms with E-state index in [4.69, 9.17) is 19.1 Å². The first kappa shape index (κ1) is 51.2. The number of esters is 2. The molecule has 3 N–H and O–H groups in total. The second-order valence-electron chi connectivity index (χ2n) is 14.0. The molecule has 0 saturated heterocycles. The highest BCUT2D eigenvalue weighted by Gasteiger charge is 2.27. The standard InChI is InChI=1S/C42H77O10P/c1-3-5-7-9-11-13-15-17-18-19-20-22-24-26-28-30-32-34-42(46)52-40(38-51-53(47,48)50-36-39(44)35-43)37-49-41(45)33-31-29-27-25-23-21-16-14-12-10-8-6-4-2/h11,13,17-18,21,23,39-40,43-44H,3-10,12,14-16,19-20,22,24-38H2,1-2H3,(H,47,48)/b13-11+,18-17+,23-21+/t39-,40+/m0/s1. The Balaban J connectivity index is 4.35. The summed E-state index contributed by atoms with van der Waals surface area (Å²) in [4.78, 5) is 34.9. The summed E-state index contributed by atoms with van der Waals surface area (Å²) in [5.74, 6) is -0.952. The molecular weight excluding hydrogens is 695 g/mol. The van der Waals surface area contributed by atoms with Crippen molar-refractivity contribution < 1.29 is 47.8 Å². The molecule has 0 radical (unpaired) electrons. The largest absolute Gasteiger partial charge is 0.472 e. The number of aliphatic hydroxyl groups excluding tert-OH is 2. The third-order valence-corrected chi connectivity index (χ3v) is 9.72. The fraction of sp³-hybridized carbons (Fsp3) is 0.810. The van der Waals surface area contributed by atoms with Crippen LogP contribution < -0.4 is 0 Å². The molecule has 1 unspecified atom stereocenters. The number of unbranched alkanes of at least 4 members (excludes halogenated alkanes) is 19. The van der Waals surface area contributed by atoms with Gasteiger partial charge in [0.1, 0.15) is 12.7 Å². The van der Waals surface area contributed by atoms with E-state index < -0.39 is 51.8 Å². The SMILES string of the molecule is CCCCC/C=C/C/C=C/CCCCCCCCCC(=O)O[C@H](COC(=O)CCCCC/C=C/CCCCCCCC)COP(=O)(O)OC[C@@H](O)CO. The summed E-state index contributed by atoms with van der Waals surface area (Å²) in [6.07, 6.45) is 38.2. The Bertz CT molecular complexity index is 983. The lowest BCUT2D eigenvalue weighted by Gasteiger charge is -2.20. The van der Waals surface area contributed by atoms with Crippen LogP contribution in [0.1, 0.15) is 181 Å². The van der Waals surface area contributed by atoms with Gasteiger partial charge in [0.2, 0.25) is 0 Å². The summed E-state index contributed by atoms with van der Waals surface area (Å²) in [6, 6.07) is 0. The van der Waals surface area contributed by atoms with Crippen molar-refractivity contribution in [3.05, 3.63) is 36.5 Å². The van der Waals surface area contributed by atoms with Gasteiger partial charge in [0.25, 0.3) is 0 Å². The van der Waals surface area contributed by atoms with E-state index in [0.29, 0.717) is 12.8 Å². The third kappa shape index (κ3) is 38.3. The van der Waals surface area contributed by atoms with E-state index >= 15 is 0 Å². The van der Waals surface area contributed by atoms with Gasteiger partial charge >= 0.3 is 19.8 Å². The minimum Gasteiger partial charge on any atom is -0.462 e. The Labute approximate surface area is 322 Å². The smallest absolute Gasteiger partial charge is 0.462 e. The van der Waals surface area contributed by atoms with Crippen LogP contribution in [0.5, 0.6) is 0 Å². The molecule has 0 aromatic carbocycles. The van der Waals surface area contributed by atoms with Crippen LogP contribution >= 0.6 is 7.82 Å². The molecule has 11 heteroatoms. The highest BCUT2D eigenvalue weighted by Crippen LogP contribution is 2.43. The summed E-state index contributed by atoms with van der Waals surface area (Å²) in [5, 5.41) is 18.3. The molecule has 0 spiro atoms. The average Bonchev–Trinajstić information content (AvgIpc) is 3.14. The molecule has 53 heavy (non-hydrogen) atoms. The molecule has 0 fully saturated rings. The summed E-state index contributed by atoms with van der Waals surface area (Å²) in [6.45, 7) is 2.32. The van der Waals surface area contributed by atoms with E-state index in [1.165, 1.54) is 77.0 Å². The number of carbonyl (C=O) groups excluding carboxylic acids is 2. The Hall–Kier alpha value is -1.81. The lowest BCUT2D eigenvalue weighted by molar-refractivity contribution is -0.161. The average molecular weight is 773 g/mol. The van der Waals surface area contributed by atoms with Crippen LogP contribution in [0, 0.1) is 0 Å². The second-order valence-corrected chi connectivity index (χ2v) is 15.5. The molecule has 0 rings (SSSR count). The van der Waals surface area contributed by atoms with E-state index in [1.807, 2.05) is 0 Å². The second kappa shape index (κ2) is 38.5. The topological polar surface area (TPSA) is 149 Å². The normalized spacial score (nSPS) is 14.3. The van der Waals surface area contributed by atoms with Crippen LogP contribution in [0.3, 0.4) is 0 Å². The molecule has 0 saturated carbocycles. The van der Waals surface area contributed by atoms with Gasteiger partial charge in [0, 0.05) is 12.8 Å². The molecule has 310 valence electrons. The van der Waals surface area contributed by atoms with E-state index in [0.717, 1.165) is 64.2 Å². The molecule has 0 aromatic heterocycles. The third-order valence-electron chi connectivity index (χ3n) is 8.77. The van der Waals surface area contributed by atoms with Crippen molar-refractivity contribution in [3.63, 3.8) is 0 Å². The number of rotatable bonds is 39. The first-order valence-electron chi connectivity index (χ1n) is 20.9. The predicted octanol–water partition coefficient (Wildman–Crippen LogP) is 10.8. The van der Waals surface area contributed by atoms with Crippen molar-refractivity contribution in [3.8, 4) is 0 Å². The lowest BCUT2D eigenvalue weighted by atomic mass is 10.1. The van der Waals surface area contributed by atoms with Gasteiger partial charge in [-0.05, 0) is 70.6 Å². The lowest BCUT2D eigenvalue weighted by Crippen LogP contribution is -2.29. The van der Waals surface area contributed by atoms with Crippen LogP contribution in [0.2, 0.25) is 0 Å². The van der Waals surface area contributed by atoms with Gasteiger partial charge in [-0.1, -0.05) is 134 Å². The van der Waals surface area contributed by atoms with Crippen molar-refractivity contribution in [1.29, 1.82) is 0 Å². The number of phosphoric ester groups is 1. The highest BCUT2D eigenvalue weighted by atomic mass is 31.2. The number of hydrogen-bond acceptors (Lipinski definition) is 9. The molecule has 0 aromatic rings. The van der Waals surface area contributed by atoms with Crippen LogP contribution in [-0.4, -0.2) is 65.7 Å². The zero-order chi connectivity index (χ0) is 39.1. The van der Waals surface area contributed by atoms with Crippen LogP contribution in [0.25, 0.3) is 0 Å². The number of aliphatic hydroxyl groups is 2. The maximum absolute atomic E-state index is 12.6. The number of hydrogen-bond donors (Lipinski definition) is 3. The maximum Gasteiger partial charge on any atom is 0.472 e. The molecule has 0 aliphatic rings. The van der Waals surface area contributed by atoms with Gasteiger partial charge in [-0.2, -0.15) is 0 Å². The number of ether oxygens (including phenoxy) is 2. The molecule has 0 heterocycles. The maximum atomic E-state index is 12.6. The number of carbonyl (C=O) groups is 2. The first-order chi connectivity index (χ1) is 25.7. The van der Waals surface area contributed by atoms with E-state index in [9.17, 15) is 24.2 Å². The van der Waals surface area contributed by atoms with Gasteiger partial charge in [-0.3, -0.25) is 18.6 Å². The summed E-state index contributed by atoms with van der Waals surface area (Å²) < 4.78 is 32.6. The Morgan fingerprint density at radius 3 is 1.53 bits per heavy atom. The summed E-state index contributed by atoms with van der Waals surface area (Å²) in [5.41, 5.74) is 0. The quantitative estimate of drug-likeness (QED) is 0.0238. The Morgan fingerprint density at radius 1 is 0.566 bits per heavy atom. The van der Waals surface area contributed by atoms with Gasteiger partial charge in [-0.25, -0.2) is 4.57 Å². The van der Waals surface area contributed by atoms with Crippen molar-refractivity contribution in [2.45, 2.75) is 193 Å². The number of phosphoric acid groups is 1. The predicted molar refractivity (Wildman–Crippen MR) is 214 cm³/mol. The van der Waals surface area contributed by atoms with Gasteiger partial charge < -0.3 is 24.6 Å². The molecule has 0 amide bonds. The Kier molecular flexibility index (Phi) is 37.2. The molecule has 0 aliphatic heterocycles. The van der Waals surface area contributed by atoms with E-state index in [-0.39, 0.29) is 19.4 Å². The van der Waals surface area contributed by atoms with Crippen molar-refractivity contribution >= 4 is 19.8 Å². The van der Waals surface area contributed by atoms with Gasteiger partial charge in [-0.15, -0.1) is 0 Å². The molecule has 10 nitrogen and oxygen atoms in total. The van der Waals surface area contributed by atoms with Gasteiger partial charge in [0.15, 0.2) is 6.10 Å². The van der Waals surface area contributed by atoms with Crippen LogP contribution in [0.15, 0.2) is 36.5 Å². The number of allylic oxidation sites excluding steroid dienone is 6. The molecule has 0 bridgehead atoms. The summed E-state index contributed by atoms with van der Waals surface area (Å²) >= 11 is 0. The van der Waals surface area contributed by atoms with Crippen LogP contribution in [0.4, 0.5) is 0 Å². The van der Waals surface area contributed by atoms with Crippen molar-refractivity contribution in [1.82, 2.24) is 0 Å². The fourth-order valence-electron chi connectivity index (χ4n) is 5.49. The fourth-order valence-corrected chi connectivity index (χ4v) is 6.28. The monoisotopic (exact) mass is 773 g/mol. The minimum atomic E-state index is -4.62. The summed E-state index contributed by atoms with van der Waals surface area (Å²) in [7, 11) is -4.62. The Morgan fingerprint density at radius 2 is 0.981 bits per heavy atom. The molecule has 0 aliphatic carbocycles. The minimum absolute atomic E-state index is 0.172. The van der Waals surface area contributed by atoms with Crippen LogP contribution in [-0.2, 0) is 32.7 Å². The van der Waals surface area contributed by atoms with Gasteiger partial charge in [0.05, 0.1) is 19.8 Å². The zero-order valence-electron chi connectivity index (χ0n) is 33.5. The molecular formula is C42H77O10P. The van der Waals surface area contributed by atoms with Crippen molar-refractivity contribution in [2.75, 3.05) is 26.4 Å². The highest BCUT2D eigenvalue weighted by molar-refractivity contribution is 7.47. The zero-order valence-corrected chi connectivity index (χ0v) is 34.4. The van der Waals surface area contributed by atoms with E-state index in [1.54, 1.807) is 0 Å². The van der Waals surface area contributed by atoms with Crippen molar-refractivity contribution in [2.24, 2.45) is 0 Å². The first-order valence-corrected chi connectivity index (χ1v) is 22.4. The molecule has 3 atom stereocenters.